The second-order valence-electron chi connectivity index (χ2n) is 5.47. The van der Waals surface area contributed by atoms with E-state index in [4.69, 9.17) is 12.2 Å². The third-order valence-corrected chi connectivity index (χ3v) is 4.30. The van der Waals surface area contributed by atoms with E-state index in [9.17, 15) is 5.11 Å². The molecule has 1 aromatic heterocycles. The minimum absolute atomic E-state index is 0.293. The lowest BCUT2D eigenvalue weighted by Gasteiger charge is -2.20. The third-order valence-electron chi connectivity index (χ3n) is 4.00. The van der Waals surface area contributed by atoms with E-state index in [0.29, 0.717) is 29.3 Å². The monoisotopic (exact) mass is 321 g/mol. The number of aromatic nitrogens is 2. The summed E-state index contributed by atoms with van der Waals surface area (Å²) in [4.78, 5) is 5.16. The molecule has 2 heterocycles. The molecule has 0 unspecified atom stereocenters. The van der Waals surface area contributed by atoms with Crippen LogP contribution in [0.4, 0.5) is 5.69 Å². The zero-order valence-corrected chi connectivity index (χ0v) is 13.2. The Morgan fingerprint density at radius 2 is 1.83 bits per heavy atom. The number of anilines is 1. The van der Waals surface area contributed by atoms with Crippen LogP contribution >= 0.6 is 12.2 Å². The van der Waals surface area contributed by atoms with Gasteiger partial charge in [-0.2, -0.15) is 0 Å². The van der Waals surface area contributed by atoms with E-state index in [1.54, 1.807) is 0 Å². The Morgan fingerprint density at radius 3 is 2.65 bits per heavy atom. The molecule has 2 aromatic carbocycles. The molecule has 0 fully saturated rings. The Hall–Kier alpha value is -2.66. The van der Waals surface area contributed by atoms with E-state index in [-0.39, 0.29) is 0 Å². The van der Waals surface area contributed by atoms with Gasteiger partial charge in [-0.25, -0.2) is 4.98 Å². The van der Waals surface area contributed by atoms with Gasteiger partial charge in [-0.15, -0.1) is 0 Å². The SMILES string of the molecule is OC1=C(C(=S)Nc2ccccc2)c2nc3ccccc3n2CC1. The molecule has 4 rings (SSSR count). The normalized spacial score (nSPS) is 13.9. The predicted molar refractivity (Wildman–Crippen MR) is 96.6 cm³/mol. The summed E-state index contributed by atoms with van der Waals surface area (Å²) in [5, 5.41) is 13.6. The number of allylic oxidation sites excluding steroid dienone is 1. The lowest BCUT2D eigenvalue weighted by Crippen LogP contribution is -2.20. The highest BCUT2D eigenvalue weighted by atomic mass is 32.1. The first-order chi connectivity index (χ1) is 11.2. The Balaban J connectivity index is 1.78. The van der Waals surface area contributed by atoms with Crippen molar-refractivity contribution in [3.8, 4) is 0 Å². The van der Waals surface area contributed by atoms with Crippen LogP contribution in [0, 0.1) is 0 Å². The molecule has 23 heavy (non-hydrogen) atoms. The average Bonchev–Trinajstić information content (AvgIpc) is 2.93. The second kappa shape index (κ2) is 5.52. The number of aliphatic hydroxyl groups is 1. The van der Waals surface area contributed by atoms with Gasteiger partial charge in [-0.1, -0.05) is 42.5 Å². The Labute approximate surface area is 139 Å². The maximum atomic E-state index is 10.4. The summed E-state index contributed by atoms with van der Waals surface area (Å²) in [7, 11) is 0. The van der Waals surface area contributed by atoms with Gasteiger partial charge in [-0.3, -0.25) is 0 Å². The minimum Gasteiger partial charge on any atom is -0.511 e. The highest BCUT2D eigenvalue weighted by molar-refractivity contribution is 7.81. The molecule has 0 atom stereocenters. The fourth-order valence-corrected chi connectivity index (χ4v) is 3.24. The molecule has 3 aromatic rings. The van der Waals surface area contributed by atoms with Gasteiger partial charge in [0.05, 0.1) is 16.6 Å². The number of nitrogens with one attached hydrogen (secondary N) is 1. The smallest absolute Gasteiger partial charge is 0.147 e. The molecule has 114 valence electrons. The van der Waals surface area contributed by atoms with E-state index < -0.39 is 0 Å². The zero-order chi connectivity index (χ0) is 15.8. The van der Waals surface area contributed by atoms with Crippen LogP contribution in [0.1, 0.15) is 12.2 Å². The van der Waals surface area contributed by atoms with Gasteiger partial charge in [-0.05, 0) is 24.3 Å². The number of thiocarbonyl (C=S) groups is 1. The summed E-state index contributed by atoms with van der Waals surface area (Å²) in [5.41, 5.74) is 3.49. The van der Waals surface area contributed by atoms with E-state index in [1.807, 2.05) is 54.6 Å². The van der Waals surface area contributed by atoms with E-state index in [0.717, 1.165) is 22.5 Å². The van der Waals surface area contributed by atoms with Crippen molar-refractivity contribution in [3.05, 3.63) is 66.2 Å². The Morgan fingerprint density at radius 1 is 1.09 bits per heavy atom. The molecular formula is C18H15N3OS. The van der Waals surface area contributed by atoms with Gasteiger partial charge in [0.25, 0.3) is 0 Å². The van der Waals surface area contributed by atoms with Crippen LogP contribution < -0.4 is 5.32 Å². The molecule has 4 nitrogen and oxygen atoms in total. The van der Waals surface area contributed by atoms with Crippen LogP contribution in [0.2, 0.25) is 0 Å². The van der Waals surface area contributed by atoms with Crippen molar-refractivity contribution in [1.29, 1.82) is 0 Å². The molecular weight excluding hydrogens is 306 g/mol. The van der Waals surface area contributed by atoms with Crippen molar-refractivity contribution in [2.75, 3.05) is 5.32 Å². The summed E-state index contributed by atoms with van der Waals surface area (Å²) in [6, 6.07) is 17.7. The van der Waals surface area contributed by atoms with Crippen LogP contribution in [0.15, 0.2) is 60.4 Å². The summed E-state index contributed by atoms with van der Waals surface area (Å²) >= 11 is 5.53. The maximum Gasteiger partial charge on any atom is 0.147 e. The first-order valence-electron chi connectivity index (χ1n) is 7.48. The number of benzene rings is 2. The average molecular weight is 321 g/mol. The number of imidazole rings is 1. The number of aryl methyl sites for hydroxylation is 1. The van der Waals surface area contributed by atoms with Crippen LogP contribution in [-0.2, 0) is 6.54 Å². The van der Waals surface area contributed by atoms with Crippen molar-refractivity contribution in [2.45, 2.75) is 13.0 Å². The number of nitrogens with zero attached hydrogens (tertiary/aromatic N) is 2. The summed E-state index contributed by atoms with van der Waals surface area (Å²) in [5.74, 6) is 1.02. The molecule has 1 aliphatic heterocycles. The molecule has 0 saturated carbocycles. The van der Waals surface area contributed by atoms with Gasteiger partial charge in [0.2, 0.25) is 0 Å². The van der Waals surface area contributed by atoms with Crippen molar-refractivity contribution < 1.29 is 5.11 Å². The van der Waals surface area contributed by atoms with Gasteiger partial charge in [0.1, 0.15) is 16.6 Å². The molecule has 0 spiro atoms. The number of hydrogen-bond acceptors (Lipinski definition) is 3. The van der Waals surface area contributed by atoms with Crippen LogP contribution in [-0.4, -0.2) is 19.6 Å². The topological polar surface area (TPSA) is 50.1 Å². The molecule has 0 aliphatic carbocycles. The van der Waals surface area contributed by atoms with Gasteiger partial charge < -0.3 is 15.0 Å². The van der Waals surface area contributed by atoms with E-state index in [2.05, 4.69) is 14.9 Å². The van der Waals surface area contributed by atoms with Gasteiger partial charge in [0.15, 0.2) is 0 Å². The van der Waals surface area contributed by atoms with Crippen molar-refractivity contribution in [1.82, 2.24) is 9.55 Å². The molecule has 0 bridgehead atoms. The fraction of sp³-hybridized carbons (Fsp3) is 0.111. The molecule has 1 aliphatic rings. The fourth-order valence-electron chi connectivity index (χ4n) is 2.91. The van der Waals surface area contributed by atoms with Gasteiger partial charge in [0, 0.05) is 18.7 Å². The number of fused-ring (bicyclic) bond motifs is 3. The number of hydrogen-bond donors (Lipinski definition) is 2. The third kappa shape index (κ3) is 2.39. The predicted octanol–water partition coefficient (Wildman–Crippen LogP) is 4.15. The van der Waals surface area contributed by atoms with Gasteiger partial charge >= 0.3 is 0 Å². The number of para-hydroxylation sites is 3. The molecule has 0 amide bonds. The molecule has 0 radical (unpaired) electrons. The Kier molecular flexibility index (Phi) is 3.35. The molecule has 5 heteroatoms. The van der Waals surface area contributed by atoms with E-state index >= 15 is 0 Å². The van der Waals surface area contributed by atoms with Crippen LogP contribution in [0.25, 0.3) is 16.6 Å². The first kappa shape index (κ1) is 14.0. The summed E-state index contributed by atoms with van der Waals surface area (Å²) < 4.78 is 2.11. The zero-order valence-electron chi connectivity index (χ0n) is 12.4. The number of rotatable bonds is 2. The molecule has 2 N–H and O–H groups in total. The largest absolute Gasteiger partial charge is 0.511 e. The van der Waals surface area contributed by atoms with Crippen LogP contribution in [0.5, 0.6) is 0 Å². The lowest BCUT2D eigenvalue weighted by atomic mass is 10.1. The van der Waals surface area contributed by atoms with Crippen molar-refractivity contribution in [2.24, 2.45) is 0 Å². The minimum atomic E-state index is 0.293. The van der Waals surface area contributed by atoms with Crippen molar-refractivity contribution in [3.63, 3.8) is 0 Å². The quantitative estimate of drug-likeness (QED) is 0.696. The maximum absolute atomic E-state index is 10.4. The van der Waals surface area contributed by atoms with Crippen LogP contribution in [0.3, 0.4) is 0 Å². The highest BCUT2D eigenvalue weighted by Crippen LogP contribution is 2.30. The lowest BCUT2D eigenvalue weighted by molar-refractivity contribution is 0.375. The summed E-state index contributed by atoms with van der Waals surface area (Å²) in [6.07, 6.45) is 0.555. The number of aliphatic hydroxyl groups excluding tert-OH is 1. The highest BCUT2D eigenvalue weighted by Gasteiger charge is 2.25. The standard InChI is InChI=1S/C18H15N3OS/c22-15-10-11-21-14-9-5-4-8-13(14)20-17(21)16(15)18(23)19-12-6-2-1-3-7-12/h1-9,22H,10-11H2,(H,19,23). The van der Waals surface area contributed by atoms with E-state index in [1.165, 1.54) is 0 Å². The van der Waals surface area contributed by atoms with Crippen molar-refractivity contribution >= 4 is 39.5 Å². The Bertz CT molecular complexity index is 928. The molecule has 0 saturated heterocycles. The summed E-state index contributed by atoms with van der Waals surface area (Å²) in [6.45, 7) is 0.707. The second-order valence-corrected chi connectivity index (χ2v) is 5.88. The first-order valence-corrected chi connectivity index (χ1v) is 7.89.